The number of nitriles is 1. The third-order valence-corrected chi connectivity index (χ3v) is 2.92. The molecule has 0 aliphatic rings. The largest absolute Gasteiger partial charge is 0.383 e. The zero-order valence-electron chi connectivity index (χ0n) is 11.2. The Hall–Kier alpha value is -2.68. The van der Waals surface area contributed by atoms with Gasteiger partial charge in [0.25, 0.3) is 0 Å². The molecule has 2 aromatic rings. The molecule has 5 nitrogen and oxygen atoms in total. The van der Waals surface area contributed by atoms with Crippen molar-refractivity contribution in [2.75, 3.05) is 11.1 Å². The molecule has 3 N–H and O–H groups in total. The number of nitrogens with two attached hydrogens (primary N) is 1. The van der Waals surface area contributed by atoms with Crippen molar-refractivity contribution in [2.24, 2.45) is 0 Å². The molecule has 0 aliphatic heterocycles. The van der Waals surface area contributed by atoms with Crippen molar-refractivity contribution in [3.63, 3.8) is 0 Å². The van der Waals surface area contributed by atoms with Crippen LogP contribution in [0.1, 0.15) is 23.9 Å². The van der Waals surface area contributed by atoms with E-state index in [9.17, 15) is 4.39 Å². The van der Waals surface area contributed by atoms with E-state index >= 15 is 0 Å². The highest BCUT2D eigenvalue weighted by Crippen LogP contribution is 2.25. The number of benzene rings is 1. The number of aryl methyl sites for hydroxylation is 1. The molecule has 1 aromatic heterocycles. The van der Waals surface area contributed by atoms with Gasteiger partial charge in [0.2, 0.25) is 0 Å². The lowest BCUT2D eigenvalue weighted by Crippen LogP contribution is -2.07. The van der Waals surface area contributed by atoms with E-state index in [1.54, 1.807) is 13.0 Å². The number of hydrogen-bond donors (Lipinski definition) is 2. The number of nitrogen functional groups attached to an aromatic ring is 1. The lowest BCUT2D eigenvalue weighted by molar-refractivity contribution is 0.624. The minimum absolute atomic E-state index is 0.0536. The highest BCUT2D eigenvalue weighted by Gasteiger charge is 2.12. The average molecular weight is 271 g/mol. The predicted octanol–water partition coefficient (Wildman–Crippen LogP) is 2.68. The zero-order chi connectivity index (χ0) is 14.7. The Labute approximate surface area is 116 Å². The summed E-state index contributed by atoms with van der Waals surface area (Å²) in [6.07, 6.45) is 0.632. The van der Waals surface area contributed by atoms with Gasteiger partial charge in [0, 0.05) is 12.0 Å². The van der Waals surface area contributed by atoms with Crippen LogP contribution in [0.4, 0.5) is 21.7 Å². The Morgan fingerprint density at radius 2 is 2.15 bits per heavy atom. The van der Waals surface area contributed by atoms with Gasteiger partial charge in [-0.3, -0.25) is 0 Å². The molecule has 0 aliphatic carbocycles. The second-order valence-electron chi connectivity index (χ2n) is 4.25. The van der Waals surface area contributed by atoms with Crippen LogP contribution >= 0.6 is 0 Å². The Morgan fingerprint density at radius 1 is 1.40 bits per heavy atom. The van der Waals surface area contributed by atoms with Gasteiger partial charge in [-0.25, -0.2) is 14.4 Å². The van der Waals surface area contributed by atoms with Crippen LogP contribution in [-0.4, -0.2) is 9.97 Å². The quantitative estimate of drug-likeness (QED) is 0.896. The van der Waals surface area contributed by atoms with Crippen LogP contribution in [0.2, 0.25) is 0 Å². The first-order chi connectivity index (χ1) is 9.56. The lowest BCUT2D eigenvalue weighted by atomic mass is 10.1. The minimum atomic E-state index is -0.576. The minimum Gasteiger partial charge on any atom is -0.383 e. The summed E-state index contributed by atoms with van der Waals surface area (Å²) in [5.41, 5.74) is 6.79. The molecule has 0 bridgehead atoms. The molecule has 1 heterocycles. The summed E-state index contributed by atoms with van der Waals surface area (Å²) < 4.78 is 13.6. The smallest absolute Gasteiger partial charge is 0.143 e. The van der Waals surface area contributed by atoms with E-state index < -0.39 is 5.82 Å². The Balaban J connectivity index is 2.48. The van der Waals surface area contributed by atoms with Crippen LogP contribution in [0.25, 0.3) is 0 Å². The molecule has 0 unspecified atom stereocenters. The maximum Gasteiger partial charge on any atom is 0.143 e. The average Bonchev–Trinajstić information content (AvgIpc) is 2.43. The molecule has 0 fully saturated rings. The number of halogens is 1. The van der Waals surface area contributed by atoms with E-state index in [4.69, 9.17) is 11.0 Å². The number of aromatic nitrogens is 2. The Kier molecular flexibility index (Phi) is 3.80. The predicted molar refractivity (Wildman–Crippen MR) is 75.0 cm³/mol. The topological polar surface area (TPSA) is 87.6 Å². The monoisotopic (exact) mass is 271 g/mol. The Morgan fingerprint density at radius 3 is 2.80 bits per heavy atom. The summed E-state index contributed by atoms with van der Waals surface area (Å²) in [5.74, 6) is 0.865. The van der Waals surface area contributed by atoms with Crippen LogP contribution in [0.5, 0.6) is 0 Å². The third kappa shape index (κ3) is 2.52. The molecule has 2 rings (SSSR count). The van der Waals surface area contributed by atoms with Crippen LogP contribution in [-0.2, 0) is 6.42 Å². The normalized spacial score (nSPS) is 10.1. The summed E-state index contributed by atoms with van der Waals surface area (Å²) >= 11 is 0. The molecule has 0 radical (unpaired) electrons. The van der Waals surface area contributed by atoms with Gasteiger partial charge >= 0.3 is 0 Å². The summed E-state index contributed by atoms with van der Waals surface area (Å²) in [4.78, 5) is 8.46. The maximum absolute atomic E-state index is 13.6. The first-order valence-corrected chi connectivity index (χ1v) is 6.15. The van der Waals surface area contributed by atoms with E-state index in [2.05, 4.69) is 15.3 Å². The van der Waals surface area contributed by atoms with Crippen molar-refractivity contribution in [1.82, 2.24) is 9.97 Å². The molecule has 0 saturated carbocycles. The summed E-state index contributed by atoms with van der Waals surface area (Å²) in [6, 6.07) is 6.22. The zero-order valence-corrected chi connectivity index (χ0v) is 11.2. The van der Waals surface area contributed by atoms with Crippen molar-refractivity contribution in [1.29, 1.82) is 5.26 Å². The van der Waals surface area contributed by atoms with Crippen molar-refractivity contribution in [3.8, 4) is 6.07 Å². The molecule has 1 aromatic carbocycles. The second kappa shape index (κ2) is 5.53. The summed E-state index contributed by atoms with van der Waals surface area (Å²) in [7, 11) is 0. The molecule has 102 valence electrons. The first kappa shape index (κ1) is 13.7. The molecule has 0 spiro atoms. The third-order valence-electron chi connectivity index (χ3n) is 2.92. The van der Waals surface area contributed by atoms with Crippen molar-refractivity contribution >= 4 is 17.3 Å². The highest BCUT2D eigenvalue weighted by molar-refractivity contribution is 5.68. The standard InChI is InChI=1S/C14H14FN5/c1-3-12-19-13(17)8(2)14(20-12)18-11-6-4-5-10(15)9(11)7-16/h4-6H,3H2,1-2H3,(H3,17,18,19,20). The Bertz CT molecular complexity index is 691. The second-order valence-corrected chi connectivity index (χ2v) is 4.25. The number of nitrogens with one attached hydrogen (secondary N) is 1. The molecule has 6 heteroatoms. The fourth-order valence-corrected chi connectivity index (χ4v) is 1.73. The van der Waals surface area contributed by atoms with Gasteiger partial charge in [-0.05, 0) is 19.1 Å². The molecule has 20 heavy (non-hydrogen) atoms. The van der Waals surface area contributed by atoms with Crippen LogP contribution in [0, 0.1) is 24.1 Å². The van der Waals surface area contributed by atoms with Gasteiger partial charge in [-0.1, -0.05) is 13.0 Å². The van der Waals surface area contributed by atoms with Crippen molar-refractivity contribution < 1.29 is 4.39 Å². The lowest BCUT2D eigenvalue weighted by Gasteiger charge is -2.12. The molecule has 0 atom stereocenters. The number of anilines is 3. The fourth-order valence-electron chi connectivity index (χ4n) is 1.73. The van der Waals surface area contributed by atoms with E-state index in [1.165, 1.54) is 12.1 Å². The highest BCUT2D eigenvalue weighted by atomic mass is 19.1. The number of hydrogen-bond acceptors (Lipinski definition) is 5. The number of nitrogens with zero attached hydrogens (tertiary/aromatic N) is 3. The molecule has 0 amide bonds. The van der Waals surface area contributed by atoms with Crippen LogP contribution < -0.4 is 11.1 Å². The first-order valence-electron chi connectivity index (χ1n) is 6.15. The number of rotatable bonds is 3. The van der Waals surface area contributed by atoms with Gasteiger partial charge < -0.3 is 11.1 Å². The summed E-state index contributed by atoms with van der Waals surface area (Å²) in [6.45, 7) is 3.68. The fraction of sp³-hybridized carbons (Fsp3) is 0.214. The van der Waals surface area contributed by atoms with Crippen molar-refractivity contribution in [2.45, 2.75) is 20.3 Å². The molecule has 0 saturated heterocycles. The van der Waals surface area contributed by atoms with Crippen molar-refractivity contribution in [3.05, 3.63) is 41.0 Å². The summed E-state index contributed by atoms with van der Waals surface area (Å²) in [5, 5.41) is 12.0. The van der Waals surface area contributed by atoms with Gasteiger partial charge in [0.05, 0.1) is 5.69 Å². The maximum atomic E-state index is 13.6. The van der Waals surface area contributed by atoms with Gasteiger partial charge in [0.15, 0.2) is 0 Å². The van der Waals surface area contributed by atoms with E-state index in [-0.39, 0.29) is 5.56 Å². The van der Waals surface area contributed by atoms with Gasteiger partial charge in [0.1, 0.15) is 34.9 Å². The van der Waals surface area contributed by atoms with Crippen LogP contribution in [0.15, 0.2) is 18.2 Å². The van der Waals surface area contributed by atoms with Gasteiger partial charge in [-0.2, -0.15) is 5.26 Å². The van der Waals surface area contributed by atoms with E-state index in [0.717, 1.165) is 0 Å². The van der Waals surface area contributed by atoms with E-state index in [1.807, 2.05) is 13.0 Å². The van der Waals surface area contributed by atoms with Gasteiger partial charge in [-0.15, -0.1) is 0 Å². The van der Waals surface area contributed by atoms with E-state index in [0.29, 0.717) is 35.1 Å². The SMILES string of the molecule is CCc1nc(N)c(C)c(Nc2cccc(F)c2C#N)n1. The van der Waals surface area contributed by atoms with Crippen LogP contribution in [0.3, 0.4) is 0 Å². The molecular formula is C14H14FN5. The molecular weight excluding hydrogens is 257 g/mol.